The second kappa shape index (κ2) is 14.2. The summed E-state index contributed by atoms with van der Waals surface area (Å²) in [4.78, 5) is 35.9. The molecule has 2 N–H and O–H groups in total. The minimum absolute atomic E-state index is 0. The van der Waals surface area contributed by atoms with Gasteiger partial charge in [0.05, 0.1) is 34.1 Å². The van der Waals surface area contributed by atoms with Gasteiger partial charge in [0, 0.05) is 24.7 Å². The maximum absolute atomic E-state index is 12.6. The Bertz CT molecular complexity index is 1240. The van der Waals surface area contributed by atoms with E-state index in [-0.39, 0.29) is 53.1 Å². The number of carbonyl (C=O) groups is 3. The summed E-state index contributed by atoms with van der Waals surface area (Å²) in [5.41, 5.74) is -3.43. The third-order valence-electron chi connectivity index (χ3n) is 15.0. The lowest BCUT2D eigenvalue weighted by atomic mass is 9.46. The summed E-state index contributed by atoms with van der Waals surface area (Å²) in [6, 6.07) is 0. The summed E-state index contributed by atoms with van der Waals surface area (Å²) in [5.74, 6) is 2.74. The second-order valence-corrected chi connectivity index (χ2v) is 20.4. The summed E-state index contributed by atoms with van der Waals surface area (Å²) in [6.45, 7) is 20.8. The van der Waals surface area contributed by atoms with Gasteiger partial charge in [-0.2, -0.15) is 0 Å². The predicted molar refractivity (Wildman–Crippen MR) is 200 cm³/mol. The second-order valence-electron chi connectivity index (χ2n) is 20.4. The van der Waals surface area contributed by atoms with Crippen LogP contribution in [0, 0.1) is 45.3 Å². The largest absolute Gasteiger partial charge is 0.465 e. The van der Waals surface area contributed by atoms with Gasteiger partial charge in [-0.3, -0.25) is 14.4 Å². The number of aliphatic hydroxyl groups is 2. The maximum atomic E-state index is 12.6. The van der Waals surface area contributed by atoms with Crippen LogP contribution in [0.5, 0.6) is 0 Å². The molecule has 3 atom stereocenters. The molecule has 51 heavy (non-hydrogen) atoms. The van der Waals surface area contributed by atoms with Gasteiger partial charge in [0.2, 0.25) is 0 Å². The lowest BCUT2D eigenvalue weighted by molar-refractivity contribution is -0.264. The van der Waals surface area contributed by atoms with Gasteiger partial charge in [0.15, 0.2) is 0 Å². The third kappa shape index (κ3) is 8.37. The van der Waals surface area contributed by atoms with E-state index in [0.29, 0.717) is 25.9 Å². The molecule has 8 heteroatoms. The van der Waals surface area contributed by atoms with Crippen molar-refractivity contribution in [3.05, 3.63) is 0 Å². The van der Waals surface area contributed by atoms with Crippen molar-refractivity contribution in [3.8, 4) is 0 Å². The van der Waals surface area contributed by atoms with Gasteiger partial charge in [-0.25, -0.2) is 0 Å². The van der Waals surface area contributed by atoms with Crippen molar-refractivity contribution in [2.24, 2.45) is 45.3 Å². The summed E-state index contributed by atoms with van der Waals surface area (Å²) in [6.07, 6.45) is 15.2. The molecule has 8 bridgehead atoms. The van der Waals surface area contributed by atoms with E-state index < -0.39 is 22.2 Å². The number of hydrogen-bond donors (Lipinski definition) is 2. The molecule has 0 amide bonds. The minimum atomic E-state index is -0.842. The van der Waals surface area contributed by atoms with E-state index in [1.165, 1.54) is 38.5 Å². The lowest BCUT2D eigenvalue weighted by Gasteiger charge is -2.62. The fraction of sp³-hybridized carbons (Fsp3) is 0.930. The first-order valence-electron chi connectivity index (χ1n) is 20.0. The Morgan fingerprint density at radius 3 is 1.59 bits per heavy atom. The van der Waals surface area contributed by atoms with Crippen LogP contribution in [0.2, 0.25) is 0 Å². The van der Waals surface area contributed by atoms with Crippen molar-refractivity contribution in [3.63, 3.8) is 0 Å². The molecule has 0 aromatic heterocycles. The highest BCUT2D eigenvalue weighted by Crippen LogP contribution is 2.65. The van der Waals surface area contributed by atoms with E-state index in [0.717, 1.165) is 62.7 Å². The van der Waals surface area contributed by atoms with Crippen molar-refractivity contribution in [2.45, 2.75) is 202 Å². The van der Waals surface area contributed by atoms with Gasteiger partial charge in [0.1, 0.15) is 11.2 Å². The van der Waals surface area contributed by atoms with Crippen LogP contribution in [0.3, 0.4) is 0 Å². The summed E-state index contributed by atoms with van der Waals surface area (Å²) >= 11 is 0. The van der Waals surface area contributed by atoms with Crippen LogP contribution in [0.25, 0.3) is 0 Å². The molecule has 9 rings (SSSR count). The molecule has 1 aliphatic heterocycles. The van der Waals surface area contributed by atoms with Crippen LogP contribution in [-0.4, -0.2) is 57.1 Å². The minimum Gasteiger partial charge on any atom is -0.465 e. The zero-order chi connectivity index (χ0) is 37.2. The molecule has 3 unspecified atom stereocenters. The highest BCUT2D eigenvalue weighted by Gasteiger charge is 2.65. The SMILES string of the molecule is C.CCC(C)(C)C(=O)OC(C)(C)C12CC3CC(CC(C3)C1)C2.CCC(C)(C)C(=O)OC12CC3CC(O)(CC(O)(C3)C1)C2.CCC1(C)CCOC1=O. The van der Waals surface area contributed by atoms with Gasteiger partial charge in [-0.1, -0.05) is 28.2 Å². The molecule has 9 fully saturated rings. The van der Waals surface area contributed by atoms with Gasteiger partial charge in [0.25, 0.3) is 0 Å². The molecule has 0 radical (unpaired) electrons. The number of hydrogen-bond acceptors (Lipinski definition) is 8. The van der Waals surface area contributed by atoms with E-state index in [9.17, 15) is 24.6 Å². The van der Waals surface area contributed by atoms with Gasteiger partial charge >= 0.3 is 17.9 Å². The summed E-state index contributed by atoms with van der Waals surface area (Å²) < 4.78 is 16.8. The predicted octanol–water partition coefficient (Wildman–Crippen LogP) is 9.11. The third-order valence-corrected chi connectivity index (χ3v) is 15.0. The Morgan fingerprint density at radius 1 is 0.745 bits per heavy atom. The number of cyclic esters (lactones) is 1. The molecule has 9 aliphatic rings. The zero-order valence-corrected chi connectivity index (χ0v) is 33.2. The smallest absolute Gasteiger partial charge is 0.312 e. The molecule has 8 saturated carbocycles. The Labute approximate surface area is 309 Å². The Morgan fingerprint density at radius 2 is 1.22 bits per heavy atom. The zero-order valence-electron chi connectivity index (χ0n) is 33.2. The molecule has 8 aliphatic carbocycles. The standard InChI is InChI=1S/C19H32O2.C16H26O4.C7H12O2.CH4/c1-6-17(2,3)16(20)21-18(4,5)19-10-13-7-14(11-19)9-15(8-13)12-19;1-4-13(2,3)12(17)20-16-7-11-5-14(18,9-16)8-15(19,6-11)10-16;1-3-7(2)4-5-9-6(7)8;/h13-15H,6-12H2,1-5H3;11,18-19H,4-10H2,1-3H3;3-5H2,1-2H3;1H4. The Hall–Kier alpha value is -1.67. The topological polar surface area (TPSA) is 119 Å². The first-order chi connectivity index (χ1) is 23.0. The number of rotatable bonds is 8. The molecular weight excluding hydrogens is 644 g/mol. The molecule has 8 nitrogen and oxygen atoms in total. The Kier molecular flexibility index (Phi) is 11.7. The average Bonchev–Trinajstić information content (AvgIpc) is 3.32. The van der Waals surface area contributed by atoms with E-state index in [2.05, 4.69) is 20.8 Å². The summed E-state index contributed by atoms with van der Waals surface area (Å²) in [5, 5.41) is 21.3. The van der Waals surface area contributed by atoms with Gasteiger partial charge < -0.3 is 24.4 Å². The van der Waals surface area contributed by atoms with Crippen LogP contribution in [0.15, 0.2) is 0 Å². The van der Waals surface area contributed by atoms with Crippen LogP contribution in [0.1, 0.15) is 179 Å². The van der Waals surface area contributed by atoms with E-state index >= 15 is 0 Å². The van der Waals surface area contributed by atoms with Gasteiger partial charge in [-0.15, -0.1) is 0 Å². The van der Waals surface area contributed by atoms with Crippen molar-refractivity contribution in [2.75, 3.05) is 6.61 Å². The summed E-state index contributed by atoms with van der Waals surface area (Å²) in [7, 11) is 0. The van der Waals surface area contributed by atoms with Crippen LogP contribution in [-0.2, 0) is 28.6 Å². The van der Waals surface area contributed by atoms with Crippen LogP contribution >= 0.6 is 0 Å². The molecule has 1 saturated heterocycles. The molecule has 294 valence electrons. The van der Waals surface area contributed by atoms with Crippen molar-refractivity contribution >= 4 is 17.9 Å². The van der Waals surface area contributed by atoms with E-state index in [4.69, 9.17) is 14.2 Å². The maximum Gasteiger partial charge on any atom is 0.312 e. The average molecular weight is 719 g/mol. The lowest BCUT2D eigenvalue weighted by Crippen LogP contribution is -2.67. The quantitative estimate of drug-likeness (QED) is 0.188. The molecule has 1 heterocycles. The fourth-order valence-corrected chi connectivity index (χ4v) is 11.3. The fourth-order valence-electron chi connectivity index (χ4n) is 11.3. The molecule has 0 spiro atoms. The first kappa shape index (κ1) is 42.1. The van der Waals surface area contributed by atoms with Crippen molar-refractivity contribution in [1.82, 2.24) is 0 Å². The van der Waals surface area contributed by atoms with Crippen LogP contribution in [0.4, 0.5) is 0 Å². The van der Waals surface area contributed by atoms with E-state index in [1.807, 2.05) is 48.5 Å². The number of ether oxygens (including phenoxy) is 3. The highest BCUT2D eigenvalue weighted by molar-refractivity contribution is 5.78. The monoisotopic (exact) mass is 719 g/mol. The highest BCUT2D eigenvalue weighted by atomic mass is 16.6. The normalized spacial score (nSPS) is 40.3. The van der Waals surface area contributed by atoms with Crippen molar-refractivity contribution in [1.29, 1.82) is 0 Å². The number of esters is 3. The van der Waals surface area contributed by atoms with E-state index in [1.54, 1.807) is 0 Å². The van der Waals surface area contributed by atoms with Gasteiger partial charge in [-0.05, 0) is 156 Å². The number of carbonyl (C=O) groups excluding carboxylic acids is 3. The van der Waals surface area contributed by atoms with Crippen molar-refractivity contribution < 1.29 is 38.8 Å². The van der Waals surface area contributed by atoms with Crippen LogP contribution < -0.4 is 0 Å². The molecule has 0 aromatic carbocycles. The first-order valence-corrected chi connectivity index (χ1v) is 20.0. The Balaban J connectivity index is 0.000000183. The molecular formula is C43H74O8. The molecule has 0 aromatic rings.